The van der Waals surface area contributed by atoms with Gasteiger partial charge in [0.25, 0.3) is 0 Å². The molecule has 2 N–H and O–H groups in total. The number of carbonyl (C=O) groups excluding carboxylic acids is 1. The number of halogens is 2. The van der Waals surface area contributed by atoms with Crippen molar-refractivity contribution < 1.29 is 19.4 Å². The summed E-state index contributed by atoms with van der Waals surface area (Å²) in [5, 5.41) is 12.9. The predicted molar refractivity (Wildman–Crippen MR) is 120 cm³/mol. The molecule has 0 aromatic heterocycles. The van der Waals surface area contributed by atoms with E-state index in [2.05, 4.69) is 10.3 Å². The van der Waals surface area contributed by atoms with Crippen LogP contribution in [0.2, 0.25) is 10.0 Å². The van der Waals surface area contributed by atoms with Gasteiger partial charge in [0.15, 0.2) is 5.70 Å². The molecule has 0 unspecified atom stereocenters. The molecule has 0 spiro atoms. The molecule has 1 aliphatic heterocycles. The standard InChI is InChI=1S/C23H14Cl2N2O4/c24-18-10-1-13(11-19(18)25)12-20-23(30)31-21(27-20)14-2-6-16(7-3-14)26-17-8-4-15(5-9-17)22(28)29/h1-12,26H,(H,28,29). The number of carboxylic acids is 1. The lowest BCUT2D eigenvalue weighted by Crippen LogP contribution is -2.05. The Hall–Kier alpha value is -3.61. The maximum absolute atomic E-state index is 12.2. The number of nitrogens with zero attached hydrogens (tertiary/aromatic N) is 1. The molecule has 154 valence electrons. The number of ether oxygens (including phenoxy) is 1. The van der Waals surface area contributed by atoms with Gasteiger partial charge in [-0.2, -0.15) is 0 Å². The fourth-order valence-electron chi connectivity index (χ4n) is 2.85. The molecular weight excluding hydrogens is 439 g/mol. The summed E-state index contributed by atoms with van der Waals surface area (Å²) in [5.41, 5.74) is 3.22. The first-order valence-electron chi connectivity index (χ1n) is 9.07. The summed E-state index contributed by atoms with van der Waals surface area (Å²) in [7, 11) is 0. The third-order valence-corrected chi connectivity index (χ3v) is 5.16. The van der Waals surface area contributed by atoms with Gasteiger partial charge in [-0.05, 0) is 72.3 Å². The number of hydrogen-bond donors (Lipinski definition) is 2. The molecule has 6 nitrogen and oxygen atoms in total. The first-order chi connectivity index (χ1) is 14.9. The highest BCUT2D eigenvalue weighted by atomic mass is 35.5. The Kier molecular flexibility index (Phi) is 5.75. The Balaban J connectivity index is 1.50. The normalized spacial score (nSPS) is 14.3. The van der Waals surface area contributed by atoms with E-state index in [0.29, 0.717) is 21.2 Å². The number of aromatic carboxylic acids is 1. The molecule has 0 fully saturated rings. The van der Waals surface area contributed by atoms with Gasteiger partial charge in [-0.25, -0.2) is 14.6 Å². The van der Waals surface area contributed by atoms with E-state index in [1.165, 1.54) is 12.1 Å². The van der Waals surface area contributed by atoms with Gasteiger partial charge in [-0.3, -0.25) is 0 Å². The van der Waals surface area contributed by atoms with Gasteiger partial charge >= 0.3 is 11.9 Å². The Bertz CT molecular complexity index is 1230. The van der Waals surface area contributed by atoms with Crippen LogP contribution in [-0.4, -0.2) is 22.9 Å². The summed E-state index contributed by atoms with van der Waals surface area (Å²) >= 11 is 11.9. The second kappa shape index (κ2) is 8.63. The molecule has 3 aromatic carbocycles. The Morgan fingerprint density at radius 1 is 0.935 bits per heavy atom. The lowest BCUT2D eigenvalue weighted by Gasteiger charge is -2.07. The van der Waals surface area contributed by atoms with E-state index in [-0.39, 0.29) is 17.2 Å². The summed E-state index contributed by atoms with van der Waals surface area (Å²) in [6.07, 6.45) is 1.58. The molecule has 31 heavy (non-hydrogen) atoms. The van der Waals surface area contributed by atoms with Crippen LogP contribution in [0.5, 0.6) is 0 Å². The molecule has 0 saturated heterocycles. The van der Waals surface area contributed by atoms with Gasteiger partial charge < -0.3 is 15.2 Å². The number of benzene rings is 3. The molecule has 0 bridgehead atoms. The number of carboxylic acid groups (broad SMARTS) is 1. The number of cyclic esters (lactones) is 1. The van der Waals surface area contributed by atoms with Crippen molar-refractivity contribution in [3.05, 3.63) is 99.2 Å². The van der Waals surface area contributed by atoms with Gasteiger partial charge in [-0.15, -0.1) is 0 Å². The van der Waals surface area contributed by atoms with Crippen LogP contribution in [0.15, 0.2) is 77.4 Å². The molecule has 3 aromatic rings. The summed E-state index contributed by atoms with van der Waals surface area (Å²) in [4.78, 5) is 27.4. The third-order valence-electron chi connectivity index (χ3n) is 4.42. The first kappa shape index (κ1) is 20.7. The van der Waals surface area contributed by atoms with Gasteiger partial charge in [-0.1, -0.05) is 29.3 Å². The summed E-state index contributed by atoms with van der Waals surface area (Å²) < 4.78 is 5.29. The van der Waals surface area contributed by atoms with Crippen LogP contribution in [0, 0.1) is 0 Å². The highest BCUT2D eigenvalue weighted by Gasteiger charge is 2.24. The number of carbonyl (C=O) groups is 2. The zero-order chi connectivity index (χ0) is 22.0. The first-order valence-corrected chi connectivity index (χ1v) is 9.83. The molecule has 0 atom stereocenters. The summed E-state index contributed by atoms with van der Waals surface area (Å²) in [5.74, 6) is -1.33. The molecule has 1 heterocycles. The molecule has 8 heteroatoms. The van der Waals surface area contributed by atoms with Gasteiger partial charge in [0, 0.05) is 16.9 Å². The Labute approximate surface area is 187 Å². The van der Waals surface area contributed by atoms with Crippen LogP contribution in [-0.2, 0) is 9.53 Å². The van der Waals surface area contributed by atoms with Crippen LogP contribution < -0.4 is 5.32 Å². The van der Waals surface area contributed by atoms with Crippen molar-refractivity contribution in [3.63, 3.8) is 0 Å². The van der Waals surface area contributed by atoms with Crippen molar-refractivity contribution in [2.45, 2.75) is 0 Å². The average Bonchev–Trinajstić information content (AvgIpc) is 3.12. The minimum atomic E-state index is -0.977. The minimum Gasteiger partial charge on any atom is -0.478 e. The van der Waals surface area contributed by atoms with Crippen LogP contribution in [0.4, 0.5) is 11.4 Å². The number of hydrogen-bond acceptors (Lipinski definition) is 5. The second-order valence-electron chi connectivity index (χ2n) is 6.59. The topological polar surface area (TPSA) is 88.0 Å². The largest absolute Gasteiger partial charge is 0.478 e. The van der Waals surface area contributed by atoms with Crippen molar-refractivity contribution in [1.29, 1.82) is 0 Å². The zero-order valence-electron chi connectivity index (χ0n) is 15.8. The van der Waals surface area contributed by atoms with Crippen molar-refractivity contribution in [2.75, 3.05) is 5.32 Å². The van der Waals surface area contributed by atoms with E-state index in [9.17, 15) is 9.59 Å². The Morgan fingerprint density at radius 3 is 2.19 bits per heavy atom. The molecule has 0 saturated carbocycles. The monoisotopic (exact) mass is 452 g/mol. The van der Waals surface area contributed by atoms with E-state index in [1.807, 2.05) is 0 Å². The quantitative estimate of drug-likeness (QED) is 0.378. The van der Waals surface area contributed by atoms with E-state index in [0.717, 1.165) is 11.4 Å². The predicted octanol–water partition coefficient (Wildman–Crippen LogP) is 5.78. The van der Waals surface area contributed by atoms with Gasteiger partial charge in [0.05, 0.1) is 15.6 Å². The zero-order valence-corrected chi connectivity index (χ0v) is 17.3. The highest BCUT2D eigenvalue weighted by molar-refractivity contribution is 6.42. The lowest BCUT2D eigenvalue weighted by atomic mass is 10.2. The third kappa shape index (κ3) is 4.77. The fourth-order valence-corrected chi connectivity index (χ4v) is 3.16. The van der Waals surface area contributed by atoms with Crippen LogP contribution in [0.3, 0.4) is 0 Å². The average molecular weight is 453 g/mol. The second-order valence-corrected chi connectivity index (χ2v) is 7.41. The number of nitrogens with one attached hydrogen (secondary N) is 1. The van der Waals surface area contributed by atoms with Crippen LogP contribution >= 0.6 is 23.2 Å². The smallest absolute Gasteiger partial charge is 0.363 e. The van der Waals surface area contributed by atoms with Crippen molar-refractivity contribution in [2.24, 2.45) is 4.99 Å². The van der Waals surface area contributed by atoms with E-state index < -0.39 is 11.9 Å². The fraction of sp³-hybridized carbons (Fsp3) is 0. The molecule has 1 aliphatic rings. The summed E-state index contributed by atoms with van der Waals surface area (Å²) in [6, 6.07) is 18.6. The summed E-state index contributed by atoms with van der Waals surface area (Å²) in [6.45, 7) is 0. The molecule has 0 amide bonds. The van der Waals surface area contributed by atoms with Gasteiger partial charge in [0.2, 0.25) is 5.90 Å². The molecular formula is C23H14Cl2N2O4. The molecule has 0 radical (unpaired) electrons. The Morgan fingerprint density at radius 2 is 1.58 bits per heavy atom. The van der Waals surface area contributed by atoms with Crippen LogP contribution in [0.25, 0.3) is 6.08 Å². The van der Waals surface area contributed by atoms with Crippen molar-refractivity contribution in [3.8, 4) is 0 Å². The van der Waals surface area contributed by atoms with Crippen molar-refractivity contribution >= 4 is 58.5 Å². The molecule has 4 rings (SSSR count). The highest BCUT2D eigenvalue weighted by Crippen LogP contribution is 2.26. The number of aliphatic imine (C=N–C) groups is 1. The SMILES string of the molecule is O=C1OC(c2ccc(Nc3ccc(C(=O)O)cc3)cc2)=NC1=Cc1ccc(Cl)c(Cl)c1. The number of rotatable bonds is 5. The molecule has 0 aliphatic carbocycles. The van der Waals surface area contributed by atoms with Gasteiger partial charge in [0.1, 0.15) is 0 Å². The maximum Gasteiger partial charge on any atom is 0.363 e. The van der Waals surface area contributed by atoms with E-state index >= 15 is 0 Å². The number of esters is 1. The minimum absolute atomic E-state index is 0.161. The van der Waals surface area contributed by atoms with E-state index in [1.54, 1.807) is 60.7 Å². The maximum atomic E-state index is 12.2. The van der Waals surface area contributed by atoms with E-state index in [4.69, 9.17) is 33.0 Å². The lowest BCUT2D eigenvalue weighted by molar-refractivity contribution is -0.129. The van der Waals surface area contributed by atoms with Crippen molar-refractivity contribution in [1.82, 2.24) is 0 Å². The van der Waals surface area contributed by atoms with Crippen LogP contribution in [0.1, 0.15) is 21.5 Å². The number of anilines is 2.